The van der Waals surface area contributed by atoms with E-state index in [1.165, 1.54) is 12.1 Å². The minimum atomic E-state index is -0.214. The largest absolute Gasteiger partial charge is 0.371 e. The van der Waals surface area contributed by atoms with Gasteiger partial charge < -0.3 is 9.42 Å². The molecule has 0 spiro atoms. The molecule has 0 radical (unpaired) electrons. The molecule has 3 heterocycles. The van der Waals surface area contributed by atoms with Crippen molar-refractivity contribution in [2.75, 3.05) is 18.0 Å². The lowest BCUT2D eigenvalue weighted by Crippen LogP contribution is -2.34. The summed E-state index contributed by atoms with van der Waals surface area (Å²) in [6, 6.07) is 6.62. The second-order valence-electron chi connectivity index (χ2n) is 5.96. The van der Waals surface area contributed by atoms with Gasteiger partial charge in [0.05, 0.1) is 15.8 Å². The fourth-order valence-corrected chi connectivity index (χ4v) is 3.73. The Hall–Kier alpha value is -2.28. The van der Waals surface area contributed by atoms with Crippen molar-refractivity contribution in [2.45, 2.75) is 25.7 Å². The van der Waals surface area contributed by atoms with Crippen molar-refractivity contribution in [3.05, 3.63) is 47.2 Å². The van der Waals surface area contributed by atoms with Crippen molar-refractivity contribution in [3.63, 3.8) is 0 Å². The molecule has 1 aliphatic heterocycles. The number of hydrogen-bond acceptors (Lipinski definition) is 6. The molecule has 24 heavy (non-hydrogen) atoms. The summed E-state index contributed by atoms with van der Waals surface area (Å²) in [6.07, 6.45) is 3.83. The van der Waals surface area contributed by atoms with Crippen molar-refractivity contribution in [1.29, 1.82) is 0 Å². The molecule has 124 valence electrons. The molecule has 3 aromatic rings. The normalized spacial score (nSPS) is 18.1. The quantitative estimate of drug-likeness (QED) is 0.718. The predicted molar refractivity (Wildman–Crippen MR) is 90.7 cm³/mol. The van der Waals surface area contributed by atoms with Gasteiger partial charge in [0.15, 0.2) is 0 Å². The van der Waals surface area contributed by atoms with Crippen molar-refractivity contribution in [1.82, 2.24) is 15.1 Å². The van der Waals surface area contributed by atoms with Crippen LogP contribution in [-0.2, 0) is 0 Å². The summed E-state index contributed by atoms with van der Waals surface area (Å²) in [5.41, 5.74) is 1.03. The topological polar surface area (TPSA) is 55.1 Å². The summed E-state index contributed by atoms with van der Waals surface area (Å²) >= 11 is 1.56. The highest BCUT2D eigenvalue weighted by molar-refractivity contribution is 7.14. The number of rotatable bonds is 3. The van der Waals surface area contributed by atoms with Crippen LogP contribution in [0.4, 0.5) is 10.1 Å². The number of aryl methyl sites for hydroxylation is 1. The van der Waals surface area contributed by atoms with E-state index < -0.39 is 0 Å². The van der Waals surface area contributed by atoms with Gasteiger partial charge >= 0.3 is 0 Å². The van der Waals surface area contributed by atoms with E-state index >= 15 is 0 Å². The van der Waals surface area contributed by atoms with Gasteiger partial charge in [-0.3, -0.25) is 0 Å². The van der Waals surface area contributed by atoms with Gasteiger partial charge in [-0.15, -0.1) is 11.3 Å². The van der Waals surface area contributed by atoms with Gasteiger partial charge in [-0.1, -0.05) is 5.16 Å². The number of benzene rings is 1. The fraction of sp³-hybridized carbons (Fsp3) is 0.353. The van der Waals surface area contributed by atoms with E-state index in [0.29, 0.717) is 11.7 Å². The Morgan fingerprint density at radius 1 is 1.29 bits per heavy atom. The lowest BCUT2D eigenvalue weighted by molar-refractivity contribution is 0.333. The Balaban J connectivity index is 1.52. The molecule has 1 fully saturated rings. The van der Waals surface area contributed by atoms with E-state index in [1.54, 1.807) is 17.5 Å². The first-order valence-corrected chi connectivity index (χ1v) is 8.77. The Morgan fingerprint density at radius 2 is 2.12 bits per heavy atom. The third-order valence-corrected chi connectivity index (χ3v) is 5.15. The van der Waals surface area contributed by atoms with Crippen LogP contribution in [0, 0.1) is 12.7 Å². The standard InChI is InChI=1S/C17H17FN4OS/c1-11-19-9-15(24-11)16-20-17(23-21-16)12-3-2-8-22(10-12)14-6-4-13(18)5-7-14/h4-7,9,12H,2-3,8,10H2,1H3. The van der Waals surface area contributed by atoms with Gasteiger partial charge in [0.1, 0.15) is 5.82 Å². The number of halogens is 1. The predicted octanol–water partition coefficient (Wildman–Crippen LogP) is 4.02. The first kappa shape index (κ1) is 15.3. The molecule has 7 heteroatoms. The summed E-state index contributed by atoms with van der Waals surface area (Å²) < 4.78 is 18.6. The van der Waals surface area contributed by atoms with Crippen LogP contribution in [-0.4, -0.2) is 28.2 Å². The van der Waals surface area contributed by atoms with Crippen LogP contribution in [0.15, 0.2) is 35.0 Å². The Bertz CT molecular complexity index is 829. The summed E-state index contributed by atoms with van der Waals surface area (Å²) in [6.45, 7) is 3.71. The molecule has 4 rings (SSSR count). The van der Waals surface area contributed by atoms with E-state index in [4.69, 9.17) is 4.52 Å². The molecule has 5 nitrogen and oxygen atoms in total. The van der Waals surface area contributed by atoms with Crippen molar-refractivity contribution in [2.24, 2.45) is 0 Å². The maximum absolute atomic E-state index is 13.1. The van der Waals surface area contributed by atoms with Gasteiger partial charge in [-0.25, -0.2) is 9.37 Å². The zero-order valence-electron chi connectivity index (χ0n) is 13.3. The zero-order valence-corrected chi connectivity index (χ0v) is 14.1. The number of hydrogen-bond donors (Lipinski definition) is 0. The highest BCUT2D eigenvalue weighted by Crippen LogP contribution is 2.31. The SMILES string of the molecule is Cc1ncc(-c2noc(C3CCCN(c4ccc(F)cc4)C3)n2)s1. The molecule has 0 bridgehead atoms. The van der Waals surface area contributed by atoms with Crippen LogP contribution >= 0.6 is 11.3 Å². The number of piperidine rings is 1. The average Bonchev–Trinajstić information content (AvgIpc) is 3.24. The third kappa shape index (κ3) is 3.03. The minimum Gasteiger partial charge on any atom is -0.371 e. The van der Waals surface area contributed by atoms with Crippen molar-refractivity contribution < 1.29 is 8.91 Å². The molecule has 1 atom stereocenters. The lowest BCUT2D eigenvalue weighted by atomic mass is 9.97. The van der Waals surface area contributed by atoms with E-state index in [-0.39, 0.29) is 11.7 Å². The Labute approximate surface area is 143 Å². The van der Waals surface area contributed by atoms with Crippen LogP contribution < -0.4 is 4.90 Å². The lowest BCUT2D eigenvalue weighted by Gasteiger charge is -2.32. The minimum absolute atomic E-state index is 0.194. The number of aromatic nitrogens is 3. The van der Waals surface area contributed by atoms with Crippen molar-refractivity contribution in [3.8, 4) is 10.7 Å². The van der Waals surface area contributed by atoms with Gasteiger partial charge in [-0.2, -0.15) is 4.98 Å². The van der Waals surface area contributed by atoms with Crippen molar-refractivity contribution >= 4 is 17.0 Å². The first-order valence-electron chi connectivity index (χ1n) is 7.96. The van der Waals surface area contributed by atoms with Gasteiger partial charge in [0, 0.05) is 25.0 Å². The van der Waals surface area contributed by atoms with Gasteiger partial charge in [0.25, 0.3) is 0 Å². The monoisotopic (exact) mass is 344 g/mol. The molecule has 1 saturated heterocycles. The van der Waals surface area contributed by atoms with E-state index in [9.17, 15) is 4.39 Å². The molecule has 0 N–H and O–H groups in total. The highest BCUT2D eigenvalue weighted by atomic mass is 32.1. The highest BCUT2D eigenvalue weighted by Gasteiger charge is 2.26. The molecule has 0 amide bonds. The number of nitrogens with zero attached hydrogens (tertiary/aromatic N) is 4. The molecule has 2 aromatic heterocycles. The van der Waals surface area contributed by atoms with Crippen LogP contribution in [0.2, 0.25) is 0 Å². The third-order valence-electron chi connectivity index (χ3n) is 4.25. The van der Waals surface area contributed by atoms with E-state index in [2.05, 4.69) is 20.0 Å². The van der Waals surface area contributed by atoms with Crippen LogP contribution in [0.3, 0.4) is 0 Å². The maximum Gasteiger partial charge on any atom is 0.231 e. The smallest absolute Gasteiger partial charge is 0.231 e. The molecule has 0 saturated carbocycles. The Morgan fingerprint density at radius 3 is 2.88 bits per heavy atom. The molecule has 0 aliphatic carbocycles. The maximum atomic E-state index is 13.1. The molecule has 1 aromatic carbocycles. The number of thiazole rings is 1. The molecule has 1 aliphatic rings. The van der Waals surface area contributed by atoms with Gasteiger partial charge in [-0.05, 0) is 44.0 Å². The summed E-state index contributed by atoms with van der Waals surface area (Å²) in [4.78, 5) is 12.0. The van der Waals surface area contributed by atoms with Crippen LogP contribution in [0.25, 0.3) is 10.7 Å². The number of anilines is 1. The van der Waals surface area contributed by atoms with Gasteiger partial charge in [0.2, 0.25) is 11.7 Å². The Kier molecular flexibility index (Phi) is 4.02. The van der Waals surface area contributed by atoms with Crippen LogP contribution in [0.1, 0.15) is 29.7 Å². The summed E-state index contributed by atoms with van der Waals surface area (Å²) in [5.74, 6) is 1.25. The molecule has 1 unspecified atom stereocenters. The van der Waals surface area contributed by atoms with E-state index in [0.717, 1.165) is 41.5 Å². The average molecular weight is 344 g/mol. The summed E-state index contributed by atoms with van der Waals surface area (Å²) in [5, 5.41) is 5.08. The second-order valence-corrected chi connectivity index (χ2v) is 7.20. The fourth-order valence-electron chi connectivity index (χ4n) is 3.03. The van der Waals surface area contributed by atoms with Crippen LogP contribution in [0.5, 0.6) is 0 Å². The van der Waals surface area contributed by atoms with E-state index in [1.807, 2.05) is 19.1 Å². The second kappa shape index (κ2) is 6.32. The summed E-state index contributed by atoms with van der Waals surface area (Å²) in [7, 11) is 0. The zero-order chi connectivity index (χ0) is 16.5. The molecular formula is C17H17FN4OS. The first-order chi connectivity index (χ1) is 11.7. The molecular weight excluding hydrogens is 327 g/mol.